The van der Waals surface area contributed by atoms with Crippen molar-refractivity contribution in [3.05, 3.63) is 53.9 Å². The molecule has 3 N–H and O–H groups in total. The quantitative estimate of drug-likeness (QED) is 0.272. The van der Waals surface area contributed by atoms with Gasteiger partial charge in [-0.2, -0.15) is 0 Å². The molecular formula is C18H20N4O5S3. The lowest BCUT2D eigenvalue weighted by molar-refractivity contribution is 0.0706. The summed E-state index contributed by atoms with van der Waals surface area (Å²) in [5, 5.41) is 8.84. The van der Waals surface area contributed by atoms with Gasteiger partial charge < -0.3 is 4.42 Å². The van der Waals surface area contributed by atoms with Gasteiger partial charge in [0, 0.05) is 11.0 Å². The molecular weight excluding hydrogens is 448 g/mol. The molecule has 1 aromatic carbocycles. The minimum Gasteiger partial charge on any atom is -0.444 e. The van der Waals surface area contributed by atoms with Gasteiger partial charge in [0.25, 0.3) is 15.9 Å². The Bertz CT molecular complexity index is 1130. The van der Waals surface area contributed by atoms with E-state index < -0.39 is 15.9 Å². The third kappa shape index (κ3) is 5.39. The fourth-order valence-electron chi connectivity index (χ4n) is 2.25. The molecule has 9 nitrogen and oxygen atoms in total. The van der Waals surface area contributed by atoms with Crippen molar-refractivity contribution in [3.63, 3.8) is 0 Å². The monoisotopic (exact) mass is 468 g/mol. The highest BCUT2D eigenvalue weighted by Crippen LogP contribution is 2.32. The van der Waals surface area contributed by atoms with Crippen molar-refractivity contribution < 1.29 is 22.8 Å². The summed E-state index contributed by atoms with van der Waals surface area (Å²) in [6.07, 6.45) is 3.30. The molecule has 0 fully saturated rings. The summed E-state index contributed by atoms with van der Waals surface area (Å²) in [4.78, 5) is 19.7. The highest BCUT2D eigenvalue weighted by molar-refractivity contribution is 8.00. The maximum absolute atomic E-state index is 12.5. The van der Waals surface area contributed by atoms with Gasteiger partial charge in [-0.15, -0.1) is 11.8 Å². The first kappa shape index (κ1) is 22.3. The lowest BCUT2D eigenvalue weighted by Crippen LogP contribution is -2.19. The first-order valence-corrected chi connectivity index (χ1v) is 12.0. The van der Waals surface area contributed by atoms with Crippen molar-refractivity contribution in [2.45, 2.75) is 41.0 Å². The number of nitrogens with zero attached hydrogens (tertiary/aromatic N) is 2. The van der Waals surface area contributed by atoms with Crippen LogP contribution in [0.1, 0.15) is 42.8 Å². The van der Waals surface area contributed by atoms with E-state index in [9.17, 15) is 13.2 Å². The van der Waals surface area contributed by atoms with Crippen LogP contribution in [0.5, 0.6) is 0 Å². The first-order chi connectivity index (χ1) is 14.1. The number of benzene rings is 1. The molecule has 2 heterocycles. The van der Waals surface area contributed by atoms with E-state index in [1.54, 1.807) is 12.4 Å². The van der Waals surface area contributed by atoms with Gasteiger partial charge >= 0.3 is 0 Å². The van der Waals surface area contributed by atoms with Gasteiger partial charge in [-0.25, -0.2) is 23.9 Å². The van der Waals surface area contributed by atoms with Gasteiger partial charge in [0.1, 0.15) is 5.76 Å². The van der Waals surface area contributed by atoms with Gasteiger partial charge in [-0.05, 0) is 24.3 Å². The molecule has 0 radical (unpaired) electrons. The van der Waals surface area contributed by atoms with Crippen LogP contribution in [-0.2, 0) is 21.2 Å². The van der Waals surface area contributed by atoms with E-state index in [4.69, 9.17) is 9.62 Å². The second-order valence-electron chi connectivity index (χ2n) is 7.21. The van der Waals surface area contributed by atoms with Crippen molar-refractivity contribution in [3.8, 4) is 0 Å². The van der Waals surface area contributed by atoms with Crippen molar-refractivity contribution >= 4 is 44.2 Å². The summed E-state index contributed by atoms with van der Waals surface area (Å²) in [6, 6.07) is 5.13. The number of rotatable bonds is 7. The van der Waals surface area contributed by atoms with Crippen LogP contribution >= 0.6 is 23.1 Å². The fourth-order valence-corrected chi connectivity index (χ4v) is 5.22. The molecule has 0 bridgehead atoms. The van der Waals surface area contributed by atoms with Crippen molar-refractivity contribution in [1.82, 2.24) is 15.4 Å². The number of nitrogens with one attached hydrogen (secondary N) is 2. The molecule has 3 rings (SSSR count). The van der Waals surface area contributed by atoms with Crippen LogP contribution in [0.15, 0.2) is 50.2 Å². The highest BCUT2D eigenvalue weighted by Gasteiger charge is 2.20. The standard InChI is InChI=1S/C18H20N4O5S3/c1-18(2,3)13-8-19-14(27-13)10-28-15-9-20-17(29-15)22-30(25,26)12-6-4-11(5-7-12)16(23)21-24/h4-9,24H,10H2,1-3H3,(H,20,22)(H,21,23). The molecule has 160 valence electrons. The predicted octanol–water partition coefficient (Wildman–Crippen LogP) is 3.64. The zero-order valence-corrected chi connectivity index (χ0v) is 18.8. The molecule has 0 atom stereocenters. The Morgan fingerprint density at radius 1 is 1.20 bits per heavy atom. The van der Waals surface area contributed by atoms with Gasteiger partial charge in [-0.3, -0.25) is 14.7 Å². The molecule has 0 saturated carbocycles. The third-order valence-electron chi connectivity index (χ3n) is 3.87. The van der Waals surface area contributed by atoms with Gasteiger partial charge in [0.05, 0.1) is 27.3 Å². The van der Waals surface area contributed by atoms with E-state index in [2.05, 4.69) is 14.7 Å². The first-order valence-electron chi connectivity index (χ1n) is 8.69. The highest BCUT2D eigenvalue weighted by atomic mass is 32.2. The number of carbonyl (C=O) groups is 1. The molecule has 0 aliphatic heterocycles. The largest absolute Gasteiger partial charge is 0.444 e. The number of anilines is 1. The number of thiazole rings is 1. The Morgan fingerprint density at radius 2 is 1.90 bits per heavy atom. The average Bonchev–Trinajstić information content (AvgIpc) is 3.34. The summed E-state index contributed by atoms with van der Waals surface area (Å²) >= 11 is 2.64. The number of hydrogen-bond acceptors (Lipinski definition) is 9. The van der Waals surface area contributed by atoms with Crippen LogP contribution in [0.2, 0.25) is 0 Å². The molecule has 0 spiro atoms. The van der Waals surface area contributed by atoms with Gasteiger partial charge in [-0.1, -0.05) is 32.1 Å². The number of hydroxylamine groups is 1. The molecule has 0 aliphatic rings. The minimum absolute atomic E-state index is 0.0316. The van der Waals surface area contributed by atoms with Crippen LogP contribution < -0.4 is 10.2 Å². The number of amides is 1. The Morgan fingerprint density at radius 3 is 2.50 bits per heavy atom. The number of oxazole rings is 1. The van der Waals surface area contributed by atoms with Crippen molar-refractivity contribution in [2.75, 3.05) is 4.72 Å². The second-order valence-corrected chi connectivity index (χ2v) is 11.2. The summed E-state index contributed by atoms with van der Waals surface area (Å²) in [5.74, 6) is 1.17. The molecule has 0 aliphatic carbocycles. The Balaban J connectivity index is 1.63. The van der Waals surface area contributed by atoms with E-state index in [0.29, 0.717) is 11.6 Å². The number of aromatic nitrogens is 2. The van der Waals surface area contributed by atoms with E-state index in [0.717, 1.165) is 9.97 Å². The Hall–Kier alpha value is -2.41. The smallest absolute Gasteiger partial charge is 0.274 e. The maximum atomic E-state index is 12.5. The van der Waals surface area contributed by atoms with Crippen LogP contribution in [0.4, 0.5) is 5.13 Å². The number of sulfonamides is 1. The molecule has 3 aromatic rings. The minimum atomic E-state index is -3.87. The number of carbonyl (C=O) groups excluding carboxylic acids is 1. The summed E-state index contributed by atoms with van der Waals surface area (Å²) < 4.78 is 34.0. The number of hydrogen-bond donors (Lipinski definition) is 3. The second kappa shape index (κ2) is 8.76. The van der Waals surface area contributed by atoms with Crippen molar-refractivity contribution in [2.24, 2.45) is 0 Å². The Kier molecular flexibility index (Phi) is 6.50. The predicted molar refractivity (Wildman–Crippen MR) is 113 cm³/mol. The SMILES string of the molecule is CC(C)(C)c1cnc(CSc2cnc(NS(=O)(=O)c3ccc(C(=O)NO)cc3)s2)o1. The van der Waals surface area contributed by atoms with Gasteiger partial charge in [0.15, 0.2) is 5.13 Å². The molecule has 2 aromatic heterocycles. The van der Waals surface area contributed by atoms with Crippen LogP contribution in [0, 0.1) is 0 Å². The van der Waals surface area contributed by atoms with Crippen LogP contribution in [-0.4, -0.2) is 29.5 Å². The van der Waals surface area contributed by atoms with E-state index in [1.165, 1.54) is 52.8 Å². The third-order valence-corrected chi connectivity index (χ3v) is 7.44. The molecule has 0 saturated heterocycles. The Labute approximate surface area is 182 Å². The van der Waals surface area contributed by atoms with Crippen LogP contribution in [0.3, 0.4) is 0 Å². The molecule has 12 heteroatoms. The topological polar surface area (TPSA) is 134 Å². The van der Waals surface area contributed by atoms with Gasteiger partial charge in [0.2, 0.25) is 5.89 Å². The lowest BCUT2D eigenvalue weighted by Gasteiger charge is -2.12. The van der Waals surface area contributed by atoms with E-state index in [1.807, 2.05) is 20.8 Å². The van der Waals surface area contributed by atoms with Crippen molar-refractivity contribution in [1.29, 1.82) is 0 Å². The normalized spacial score (nSPS) is 12.0. The fraction of sp³-hybridized carbons (Fsp3) is 0.278. The molecule has 0 unspecified atom stereocenters. The maximum Gasteiger partial charge on any atom is 0.274 e. The lowest BCUT2D eigenvalue weighted by atomic mass is 9.94. The molecule has 30 heavy (non-hydrogen) atoms. The zero-order valence-electron chi connectivity index (χ0n) is 16.4. The van der Waals surface area contributed by atoms with E-state index in [-0.39, 0.29) is 21.0 Å². The average molecular weight is 469 g/mol. The summed E-state index contributed by atoms with van der Waals surface area (Å²) in [5.41, 5.74) is 1.50. The number of thioether (sulfide) groups is 1. The van der Waals surface area contributed by atoms with E-state index >= 15 is 0 Å². The summed E-state index contributed by atoms with van der Waals surface area (Å²) in [7, 11) is -3.87. The summed E-state index contributed by atoms with van der Waals surface area (Å²) in [6.45, 7) is 6.13. The zero-order chi connectivity index (χ0) is 21.9. The molecule has 1 amide bonds. The van der Waals surface area contributed by atoms with Crippen LogP contribution in [0.25, 0.3) is 0 Å².